The average molecular weight is 698 g/mol. The van der Waals surface area contributed by atoms with E-state index in [1.54, 1.807) is 6.07 Å². The summed E-state index contributed by atoms with van der Waals surface area (Å²) >= 11 is 0. The lowest BCUT2D eigenvalue weighted by Crippen LogP contribution is -2.41. The van der Waals surface area contributed by atoms with Gasteiger partial charge in [-0.05, 0) is 106 Å². The van der Waals surface area contributed by atoms with Crippen molar-refractivity contribution >= 4 is 18.1 Å². The van der Waals surface area contributed by atoms with Gasteiger partial charge in [-0.15, -0.1) is 0 Å². The number of likely N-dealkylation sites (tertiary alicyclic amines) is 1. The van der Waals surface area contributed by atoms with Crippen molar-refractivity contribution in [2.45, 2.75) is 43.6 Å². The van der Waals surface area contributed by atoms with Gasteiger partial charge in [0.25, 0.3) is 12.4 Å². The normalized spacial score (nSPS) is 15.7. The molecule has 51 heavy (non-hydrogen) atoms. The van der Waals surface area contributed by atoms with E-state index in [1.807, 2.05) is 30.3 Å². The topological polar surface area (TPSA) is 161 Å². The molecule has 11 heteroatoms. The molecule has 0 unspecified atom stereocenters. The number of aliphatic hydroxyl groups is 1. The standard InChI is InChI=1S/C39H45N3O6.CH2O2/c1-42-21-18-39(19-22-42,29-7-3-2-4-8-29)32-24-28(11-15-33(32)43)6-5-23-47-30-12-9-27(10-13-30)17-20-40-25-35(45)31-14-16-34(44)37-38(31)48-26-36(46)41-37;2-1-3/h2-4,7-16,24,35,40,43-45H,5-6,17-23,25-26H2,1H3,(H,41,46);1H,(H,2,3)/t35-;/m0./s1. The molecule has 0 bridgehead atoms. The maximum Gasteiger partial charge on any atom is 0.290 e. The predicted molar refractivity (Wildman–Crippen MR) is 195 cm³/mol. The summed E-state index contributed by atoms with van der Waals surface area (Å²) in [5, 5.41) is 44.6. The van der Waals surface area contributed by atoms with Crippen LogP contribution in [-0.4, -0.2) is 84.1 Å². The fourth-order valence-electron chi connectivity index (χ4n) is 6.83. The summed E-state index contributed by atoms with van der Waals surface area (Å²) in [5.74, 6) is 1.06. The Hall–Kier alpha value is -5.10. The van der Waals surface area contributed by atoms with Crippen molar-refractivity contribution < 1.29 is 39.5 Å². The van der Waals surface area contributed by atoms with Crippen molar-refractivity contribution in [2.75, 3.05) is 51.8 Å². The van der Waals surface area contributed by atoms with Crippen molar-refractivity contribution in [3.05, 3.63) is 113 Å². The smallest absolute Gasteiger partial charge is 0.290 e. The molecular formula is C40H47N3O8. The number of piperidine rings is 1. The molecule has 2 aliphatic rings. The van der Waals surface area contributed by atoms with E-state index >= 15 is 0 Å². The van der Waals surface area contributed by atoms with Crippen molar-refractivity contribution in [3.8, 4) is 23.0 Å². The number of phenols is 2. The number of anilines is 1. The third-order valence-electron chi connectivity index (χ3n) is 9.61. The molecule has 1 amide bonds. The van der Waals surface area contributed by atoms with Gasteiger partial charge in [-0.2, -0.15) is 0 Å². The van der Waals surface area contributed by atoms with Gasteiger partial charge in [-0.3, -0.25) is 9.59 Å². The van der Waals surface area contributed by atoms with Crippen LogP contribution in [0, 0.1) is 0 Å². The highest BCUT2D eigenvalue weighted by atomic mass is 16.5. The van der Waals surface area contributed by atoms with Crippen molar-refractivity contribution in [1.82, 2.24) is 10.2 Å². The van der Waals surface area contributed by atoms with Crippen LogP contribution in [0.3, 0.4) is 0 Å². The quantitative estimate of drug-likeness (QED) is 0.0636. The number of aliphatic hydroxyl groups excluding tert-OH is 1. The van der Waals surface area contributed by atoms with E-state index in [-0.39, 0.29) is 35.8 Å². The van der Waals surface area contributed by atoms with Crippen LogP contribution in [-0.2, 0) is 27.8 Å². The molecule has 6 N–H and O–H groups in total. The van der Waals surface area contributed by atoms with Crippen LogP contribution in [0.25, 0.3) is 0 Å². The number of hydrogen-bond acceptors (Lipinski definition) is 9. The molecule has 4 aromatic rings. The number of carbonyl (C=O) groups is 2. The van der Waals surface area contributed by atoms with Gasteiger partial charge < -0.3 is 45.4 Å². The van der Waals surface area contributed by atoms with E-state index in [4.69, 9.17) is 19.4 Å². The molecule has 1 saturated heterocycles. The molecule has 2 heterocycles. The molecule has 11 nitrogen and oxygen atoms in total. The van der Waals surface area contributed by atoms with Gasteiger partial charge in [0, 0.05) is 23.1 Å². The van der Waals surface area contributed by atoms with Gasteiger partial charge in [0.2, 0.25) is 0 Å². The zero-order valence-corrected chi connectivity index (χ0v) is 28.9. The summed E-state index contributed by atoms with van der Waals surface area (Å²) in [6.45, 7) is 3.13. The first-order valence-corrected chi connectivity index (χ1v) is 17.3. The van der Waals surface area contributed by atoms with Gasteiger partial charge in [0.05, 0.1) is 12.7 Å². The molecule has 0 radical (unpaired) electrons. The lowest BCUT2D eigenvalue weighted by molar-refractivity contribution is -0.123. The van der Waals surface area contributed by atoms with Gasteiger partial charge in [0.15, 0.2) is 12.4 Å². The zero-order valence-electron chi connectivity index (χ0n) is 28.9. The number of carboxylic acid groups (broad SMARTS) is 1. The van der Waals surface area contributed by atoms with Crippen molar-refractivity contribution in [1.29, 1.82) is 0 Å². The number of aromatic hydroxyl groups is 2. The number of rotatable bonds is 13. The zero-order chi connectivity index (χ0) is 36.2. The molecule has 6 rings (SSSR count). The second-order valence-corrected chi connectivity index (χ2v) is 13.0. The number of nitrogens with zero attached hydrogens (tertiary/aromatic N) is 1. The minimum Gasteiger partial charge on any atom is -0.508 e. The first-order valence-electron chi connectivity index (χ1n) is 17.3. The number of fused-ring (bicyclic) bond motifs is 1. The van der Waals surface area contributed by atoms with Crippen LogP contribution in [0.5, 0.6) is 23.0 Å². The number of amides is 1. The maximum atomic E-state index is 11.6. The minimum absolute atomic E-state index is 0.0966. The number of hydrogen-bond donors (Lipinski definition) is 6. The third kappa shape index (κ3) is 9.37. The molecule has 0 aromatic heterocycles. The third-order valence-corrected chi connectivity index (χ3v) is 9.61. The van der Waals surface area contributed by atoms with Crippen LogP contribution in [0.4, 0.5) is 5.69 Å². The Morgan fingerprint density at radius 1 is 0.961 bits per heavy atom. The van der Waals surface area contributed by atoms with Crippen molar-refractivity contribution in [2.24, 2.45) is 0 Å². The Morgan fingerprint density at radius 3 is 2.37 bits per heavy atom. The summed E-state index contributed by atoms with van der Waals surface area (Å²) in [4.78, 5) is 22.4. The van der Waals surface area contributed by atoms with Crippen LogP contribution in [0.1, 0.15) is 53.2 Å². The number of phenolic OH excluding ortho intramolecular Hbond substituents is 2. The van der Waals surface area contributed by atoms with E-state index in [0.29, 0.717) is 36.8 Å². The first kappa shape index (κ1) is 37.2. The minimum atomic E-state index is -0.863. The highest BCUT2D eigenvalue weighted by Gasteiger charge is 2.39. The van der Waals surface area contributed by atoms with Crippen molar-refractivity contribution in [3.63, 3.8) is 0 Å². The highest BCUT2D eigenvalue weighted by molar-refractivity contribution is 5.97. The average Bonchev–Trinajstić information content (AvgIpc) is 3.14. The molecule has 4 aromatic carbocycles. The molecule has 1 fully saturated rings. The Labute approximate surface area is 298 Å². The number of nitrogens with one attached hydrogen (secondary N) is 2. The molecule has 0 saturated carbocycles. The Kier molecular flexibility index (Phi) is 12.9. The van der Waals surface area contributed by atoms with Crippen LogP contribution in [0.15, 0.2) is 84.9 Å². The van der Waals surface area contributed by atoms with Crippen LogP contribution >= 0.6 is 0 Å². The Balaban J connectivity index is 0.00000162. The summed E-state index contributed by atoms with van der Waals surface area (Å²) in [6, 6.07) is 27.9. The predicted octanol–water partition coefficient (Wildman–Crippen LogP) is 5.02. The molecule has 2 aliphatic heterocycles. The lowest BCUT2D eigenvalue weighted by atomic mass is 9.67. The molecule has 1 atom stereocenters. The summed E-state index contributed by atoms with van der Waals surface area (Å²) in [6.07, 6.45) is 3.58. The summed E-state index contributed by atoms with van der Waals surface area (Å²) in [5.41, 5.74) is 5.17. The van der Waals surface area contributed by atoms with E-state index in [1.165, 1.54) is 17.2 Å². The SMILES string of the molecule is CN1CCC(c2ccccc2)(c2cc(CCCOc3ccc(CCNC[C@H](O)c4ccc(O)c5c4OCC(=O)N5)cc3)ccc2O)CC1.O=CO. The van der Waals surface area contributed by atoms with Crippen LogP contribution in [0.2, 0.25) is 0 Å². The second kappa shape index (κ2) is 17.7. The molecule has 270 valence electrons. The monoisotopic (exact) mass is 697 g/mol. The van der Waals surface area contributed by atoms with Gasteiger partial charge in [-0.1, -0.05) is 54.6 Å². The molecule has 0 spiro atoms. The number of aryl methyl sites for hydroxylation is 1. The fourth-order valence-corrected chi connectivity index (χ4v) is 6.83. The fraction of sp³-hybridized carbons (Fsp3) is 0.350. The van der Waals surface area contributed by atoms with Crippen LogP contribution < -0.4 is 20.1 Å². The van der Waals surface area contributed by atoms with E-state index in [2.05, 4.69) is 65.0 Å². The van der Waals surface area contributed by atoms with E-state index < -0.39 is 6.10 Å². The highest BCUT2D eigenvalue weighted by Crippen LogP contribution is 2.45. The van der Waals surface area contributed by atoms with E-state index in [0.717, 1.165) is 62.1 Å². The van der Waals surface area contributed by atoms with Gasteiger partial charge in [0.1, 0.15) is 22.9 Å². The summed E-state index contributed by atoms with van der Waals surface area (Å²) < 4.78 is 11.5. The molecular weight excluding hydrogens is 650 g/mol. The second-order valence-electron chi connectivity index (χ2n) is 13.0. The number of ether oxygens (including phenoxy) is 2. The Morgan fingerprint density at radius 2 is 1.65 bits per heavy atom. The lowest BCUT2D eigenvalue weighted by Gasteiger charge is -2.42. The first-order chi connectivity index (χ1) is 24.7. The van der Waals surface area contributed by atoms with Gasteiger partial charge >= 0.3 is 0 Å². The molecule has 0 aliphatic carbocycles. The van der Waals surface area contributed by atoms with E-state index in [9.17, 15) is 20.1 Å². The number of benzene rings is 4. The largest absolute Gasteiger partial charge is 0.508 e. The summed E-state index contributed by atoms with van der Waals surface area (Å²) in [7, 11) is 2.16. The maximum absolute atomic E-state index is 11.6. The van der Waals surface area contributed by atoms with Gasteiger partial charge in [-0.25, -0.2) is 0 Å². The number of carbonyl (C=O) groups excluding carboxylic acids is 1. The Bertz CT molecular complexity index is 1740.